The molecule has 0 bridgehead atoms. The number of anilines is 1. The van der Waals surface area contributed by atoms with Gasteiger partial charge in [0.25, 0.3) is 5.69 Å². The van der Waals surface area contributed by atoms with E-state index in [1.807, 2.05) is 19.1 Å². The van der Waals surface area contributed by atoms with E-state index in [4.69, 9.17) is 23.2 Å². The number of nitro benzene ring substituents is 1. The number of carbonyl (C=O) groups is 1. The SMILES string of the molecule is Cc1ccc(-n2cnnc2SCC(=O)Nc2cc([N+](=O)[O-])ccc2Cl)cc1Cl. The highest BCUT2D eigenvalue weighted by Crippen LogP contribution is 2.28. The zero-order valence-electron chi connectivity index (χ0n) is 14.4. The van der Waals surface area contributed by atoms with Crippen molar-refractivity contribution in [2.75, 3.05) is 11.1 Å². The highest BCUT2D eigenvalue weighted by molar-refractivity contribution is 7.99. The van der Waals surface area contributed by atoms with Gasteiger partial charge in [-0.2, -0.15) is 0 Å². The van der Waals surface area contributed by atoms with Crippen LogP contribution in [0.1, 0.15) is 5.56 Å². The molecular formula is C17H13Cl2N5O3S. The van der Waals surface area contributed by atoms with E-state index in [-0.39, 0.29) is 28.1 Å². The molecule has 1 amide bonds. The maximum absolute atomic E-state index is 12.2. The summed E-state index contributed by atoms with van der Waals surface area (Å²) in [5.74, 6) is -0.374. The van der Waals surface area contributed by atoms with Gasteiger partial charge in [-0.1, -0.05) is 41.0 Å². The number of hydrogen-bond acceptors (Lipinski definition) is 6. The van der Waals surface area contributed by atoms with E-state index in [1.165, 1.54) is 24.5 Å². The smallest absolute Gasteiger partial charge is 0.271 e. The number of benzene rings is 2. The highest BCUT2D eigenvalue weighted by atomic mass is 35.5. The Hall–Kier alpha value is -2.62. The first-order valence-electron chi connectivity index (χ1n) is 7.88. The second kappa shape index (κ2) is 8.59. The molecule has 1 N–H and O–H groups in total. The predicted molar refractivity (Wildman–Crippen MR) is 109 cm³/mol. The molecule has 0 saturated heterocycles. The van der Waals surface area contributed by atoms with Crippen LogP contribution in [0.3, 0.4) is 0 Å². The van der Waals surface area contributed by atoms with Gasteiger partial charge in [0, 0.05) is 17.2 Å². The van der Waals surface area contributed by atoms with Crippen LogP contribution in [-0.4, -0.2) is 31.3 Å². The fourth-order valence-corrected chi connectivity index (χ4v) is 3.34. The van der Waals surface area contributed by atoms with E-state index in [9.17, 15) is 14.9 Å². The second-order valence-corrected chi connectivity index (χ2v) is 7.43. The molecule has 3 aromatic rings. The summed E-state index contributed by atoms with van der Waals surface area (Å²) in [6.07, 6.45) is 1.53. The Bertz CT molecular complexity index is 1060. The number of carbonyl (C=O) groups excluding carboxylic acids is 1. The number of rotatable bonds is 6. The number of nitrogens with one attached hydrogen (secondary N) is 1. The van der Waals surface area contributed by atoms with Crippen LogP contribution >= 0.6 is 35.0 Å². The van der Waals surface area contributed by atoms with Crippen LogP contribution < -0.4 is 5.32 Å². The first-order valence-corrected chi connectivity index (χ1v) is 9.62. The Morgan fingerprint density at radius 3 is 2.75 bits per heavy atom. The summed E-state index contributed by atoms with van der Waals surface area (Å²) >= 11 is 13.3. The van der Waals surface area contributed by atoms with Gasteiger partial charge in [0.15, 0.2) is 5.16 Å². The molecule has 144 valence electrons. The fourth-order valence-electron chi connectivity index (χ4n) is 2.27. The van der Waals surface area contributed by atoms with Crippen molar-refractivity contribution < 1.29 is 9.72 Å². The summed E-state index contributed by atoms with van der Waals surface area (Å²) in [4.78, 5) is 22.6. The van der Waals surface area contributed by atoms with E-state index in [1.54, 1.807) is 10.6 Å². The van der Waals surface area contributed by atoms with Gasteiger partial charge in [0.2, 0.25) is 5.91 Å². The van der Waals surface area contributed by atoms with E-state index < -0.39 is 4.92 Å². The quantitative estimate of drug-likeness (QED) is 0.345. The first kappa shape index (κ1) is 20.1. The molecule has 0 unspecified atom stereocenters. The molecule has 0 fully saturated rings. The normalized spacial score (nSPS) is 10.7. The number of aryl methyl sites for hydroxylation is 1. The third-order valence-corrected chi connectivity index (χ3v) is 5.40. The van der Waals surface area contributed by atoms with Crippen molar-refractivity contribution in [2.24, 2.45) is 0 Å². The summed E-state index contributed by atoms with van der Waals surface area (Å²) in [5.41, 5.74) is 1.72. The summed E-state index contributed by atoms with van der Waals surface area (Å²) in [6.45, 7) is 1.90. The number of amides is 1. The Morgan fingerprint density at radius 2 is 2.04 bits per heavy atom. The minimum absolute atomic E-state index is 0.0112. The van der Waals surface area contributed by atoms with Gasteiger partial charge in [-0.3, -0.25) is 19.5 Å². The van der Waals surface area contributed by atoms with Gasteiger partial charge in [-0.05, 0) is 30.7 Å². The van der Waals surface area contributed by atoms with Crippen molar-refractivity contribution in [2.45, 2.75) is 12.1 Å². The molecule has 0 aliphatic heterocycles. The van der Waals surface area contributed by atoms with Crippen LogP contribution in [0.2, 0.25) is 10.0 Å². The molecule has 0 aliphatic rings. The van der Waals surface area contributed by atoms with Crippen molar-refractivity contribution in [3.05, 3.63) is 68.4 Å². The average Bonchev–Trinajstić information content (AvgIpc) is 3.12. The second-order valence-electron chi connectivity index (χ2n) is 5.68. The van der Waals surface area contributed by atoms with Crippen LogP contribution in [0.5, 0.6) is 0 Å². The topological polar surface area (TPSA) is 103 Å². The van der Waals surface area contributed by atoms with Gasteiger partial charge < -0.3 is 5.32 Å². The van der Waals surface area contributed by atoms with Gasteiger partial charge >= 0.3 is 0 Å². The molecular weight excluding hydrogens is 425 g/mol. The molecule has 8 nitrogen and oxygen atoms in total. The summed E-state index contributed by atoms with van der Waals surface area (Å²) in [5, 5.41) is 22.7. The lowest BCUT2D eigenvalue weighted by Crippen LogP contribution is -2.15. The summed E-state index contributed by atoms with van der Waals surface area (Å²) in [7, 11) is 0. The number of nitro groups is 1. The van der Waals surface area contributed by atoms with Gasteiger partial charge in [0.1, 0.15) is 6.33 Å². The largest absolute Gasteiger partial charge is 0.324 e. The van der Waals surface area contributed by atoms with Gasteiger partial charge in [-0.25, -0.2) is 0 Å². The van der Waals surface area contributed by atoms with E-state index in [0.29, 0.717) is 10.2 Å². The third kappa shape index (κ3) is 4.61. The summed E-state index contributed by atoms with van der Waals surface area (Å²) < 4.78 is 1.71. The number of thioether (sulfide) groups is 1. The first-order chi connectivity index (χ1) is 13.3. The molecule has 2 aromatic carbocycles. The molecule has 0 spiro atoms. The minimum Gasteiger partial charge on any atom is -0.324 e. The minimum atomic E-state index is -0.560. The fraction of sp³-hybridized carbons (Fsp3) is 0.118. The third-order valence-electron chi connectivity index (χ3n) is 3.72. The average molecular weight is 438 g/mol. The van der Waals surface area contributed by atoms with E-state index >= 15 is 0 Å². The van der Waals surface area contributed by atoms with Gasteiger partial charge in [0.05, 0.1) is 27.1 Å². The number of nitrogens with zero attached hydrogens (tertiary/aromatic N) is 4. The Kier molecular flexibility index (Phi) is 6.18. The molecule has 11 heteroatoms. The van der Waals surface area contributed by atoms with Gasteiger partial charge in [-0.15, -0.1) is 10.2 Å². The van der Waals surface area contributed by atoms with Crippen LogP contribution in [-0.2, 0) is 4.79 Å². The molecule has 3 rings (SSSR count). The lowest BCUT2D eigenvalue weighted by molar-refractivity contribution is -0.384. The van der Waals surface area contributed by atoms with Crippen molar-refractivity contribution in [1.82, 2.24) is 14.8 Å². The maximum Gasteiger partial charge on any atom is 0.271 e. The van der Waals surface area contributed by atoms with Crippen molar-refractivity contribution in [3.8, 4) is 5.69 Å². The van der Waals surface area contributed by atoms with E-state index in [0.717, 1.165) is 23.0 Å². The number of halogens is 2. The predicted octanol–water partition coefficient (Wildman–Crippen LogP) is 4.52. The molecule has 28 heavy (non-hydrogen) atoms. The zero-order chi connectivity index (χ0) is 20.3. The maximum atomic E-state index is 12.2. The Morgan fingerprint density at radius 1 is 1.25 bits per heavy atom. The molecule has 0 saturated carbocycles. The van der Waals surface area contributed by atoms with Crippen molar-refractivity contribution in [1.29, 1.82) is 0 Å². The Balaban J connectivity index is 1.69. The molecule has 1 aromatic heterocycles. The van der Waals surface area contributed by atoms with Crippen LogP contribution in [0.25, 0.3) is 5.69 Å². The molecule has 0 aliphatic carbocycles. The lowest BCUT2D eigenvalue weighted by Gasteiger charge is -2.09. The number of hydrogen-bond donors (Lipinski definition) is 1. The molecule has 0 radical (unpaired) electrons. The van der Waals surface area contributed by atoms with Crippen molar-refractivity contribution in [3.63, 3.8) is 0 Å². The van der Waals surface area contributed by atoms with E-state index in [2.05, 4.69) is 15.5 Å². The van der Waals surface area contributed by atoms with Crippen LogP contribution in [0.15, 0.2) is 47.9 Å². The Labute approximate surface area is 174 Å². The number of aromatic nitrogens is 3. The van der Waals surface area contributed by atoms with Crippen LogP contribution in [0.4, 0.5) is 11.4 Å². The highest BCUT2D eigenvalue weighted by Gasteiger charge is 2.14. The molecule has 0 atom stereocenters. The zero-order valence-corrected chi connectivity index (χ0v) is 16.8. The van der Waals surface area contributed by atoms with Crippen LogP contribution in [0, 0.1) is 17.0 Å². The summed E-state index contributed by atoms with van der Waals surface area (Å²) in [6, 6.07) is 9.37. The lowest BCUT2D eigenvalue weighted by atomic mass is 10.2. The monoisotopic (exact) mass is 437 g/mol. The standard InChI is InChI=1S/C17H13Cl2N5O3S/c1-10-2-3-11(6-14(10)19)23-9-20-22-17(23)28-8-16(25)21-15-7-12(24(26)27)4-5-13(15)18/h2-7,9H,8H2,1H3,(H,21,25). The number of non-ortho nitro benzene ring substituents is 1. The van der Waals surface area contributed by atoms with Crippen molar-refractivity contribution >= 4 is 52.2 Å². The molecule has 1 heterocycles.